The monoisotopic (exact) mass is 270 g/mol. The molecule has 2 aromatic heterocycles. The SMILES string of the molecule is C[C@H]([NH2+]Cc1ccco1)c1nc2ccccc2c(=O)[nH]1. The summed E-state index contributed by atoms with van der Waals surface area (Å²) in [5.74, 6) is 1.58. The van der Waals surface area contributed by atoms with Crippen molar-refractivity contribution in [1.29, 1.82) is 0 Å². The summed E-state index contributed by atoms with van der Waals surface area (Å²) in [5, 5.41) is 2.70. The van der Waals surface area contributed by atoms with E-state index in [-0.39, 0.29) is 11.6 Å². The van der Waals surface area contributed by atoms with Crippen molar-refractivity contribution in [1.82, 2.24) is 9.97 Å². The van der Waals surface area contributed by atoms with Crippen LogP contribution >= 0.6 is 0 Å². The molecule has 0 unspecified atom stereocenters. The van der Waals surface area contributed by atoms with Crippen LogP contribution in [0.4, 0.5) is 0 Å². The van der Waals surface area contributed by atoms with Gasteiger partial charge in [0.25, 0.3) is 5.56 Å². The second-order valence-corrected chi connectivity index (χ2v) is 4.78. The van der Waals surface area contributed by atoms with Crippen molar-refractivity contribution in [2.75, 3.05) is 0 Å². The predicted molar refractivity (Wildman–Crippen MR) is 75.1 cm³/mol. The molecule has 0 spiro atoms. The van der Waals surface area contributed by atoms with E-state index in [4.69, 9.17) is 4.42 Å². The molecular formula is C15H16N3O2+. The second kappa shape index (κ2) is 5.30. The number of para-hydroxylation sites is 1. The summed E-state index contributed by atoms with van der Waals surface area (Å²) in [6, 6.07) is 11.2. The number of H-pyrrole nitrogens is 1. The Labute approximate surface area is 115 Å². The highest BCUT2D eigenvalue weighted by Crippen LogP contribution is 2.08. The molecule has 3 N–H and O–H groups in total. The van der Waals surface area contributed by atoms with Crippen molar-refractivity contribution >= 4 is 10.9 Å². The van der Waals surface area contributed by atoms with Crippen LogP contribution in [0.2, 0.25) is 0 Å². The molecule has 0 aliphatic heterocycles. The van der Waals surface area contributed by atoms with Gasteiger partial charge >= 0.3 is 0 Å². The summed E-state index contributed by atoms with van der Waals surface area (Å²) >= 11 is 0. The molecule has 0 aliphatic rings. The fraction of sp³-hybridized carbons (Fsp3) is 0.200. The molecule has 2 heterocycles. The Morgan fingerprint density at radius 3 is 2.95 bits per heavy atom. The van der Waals surface area contributed by atoms with Crippen LogP contribution in [-0.2, 0) is 6.54 Å². The van der Waals surface area contributed by atoms with Crippen molar-refractivity contribution in [3.05, 3.63) is 64.6 Å². The highest BCUT2D eigenvalue weighted by atomic mass is 16.3. The van der Waals surface area contributed by atoms with Gasteiger partial charge < -0.3 is 14.7 Å². The third-order valence-corrected chi connectivity index (χ3v) is 3.32. The maximum absolute atomic E-state index is 12.0. The average Bonchev–Trinajstić information content (AvgIpc) is 2.98. The van der Waals surface area contributed by atoms with E-state index in [0.29, 0.717) is 17.8 Å². The smallest absolute Gasteiger partial charge is 0.258 e. The quantitative estimate of drug-likeness (QED) is 0.751. The van der Waals surface area contributed by atoms with Crippen LogP contribution in [0, 0.1) is 0 Å². The molecule has 5 heteroatoms. The first-order chi connectivity index (χ1) is 9.74. The Balaban J connectivity index is 1.84. The molecule has 5 nitrogen and oxygen atoms in total. The van der Waals surface area contributed by atoms with Gasteiger partial charge in [-0.05, 0) is 31.2 Å². The lowest BCUT2D eigenvalue weighted by Gasteiger charge is -2.09. The normalized spacial score (nSPS) is 12.7. The zero-order valence-corrected chi connectivity index (χ0v) is 11.2. The lowest BCUT2D eigenvalue weighted by molar-refractivity contribution is -0.710. The molecule has 102 valence electrons. The maximum Gasteiger partial charge on any atom is 0.258 e. The molecule has 3 rings (SSSR count). The fourth-order valence-electron chi connectivity index (χ4n) is 2.15. The van der Waals surface area contributed by atoms with Gasteiger partial charge in [-0.2, -0.15) is 0 Å². The lowest BCUT2D eigenvalue weighted by Crippen LogP contribution is -2.83. The minimum atomic E-state index is -0.0937. The Bertz CT molecular complexity index is 762. The third kappa shape index (κ3) is 2.48. The van der Waals surface area contributed by atoms with E-state index in [1.165, 1.54) is 0 Å². The summed E-state index contributed by atoms with van der Waals surface area (Å²) in [6.45, 7) is 2.72. The summed E-state index contributed by atoms with van der Waals surface area (Å²) in [5.41, 5.74) is 0.633. The second-order valence-electron chi connectivity index (χ2n) is 4.78. The number of hydrogen-bond acceptors (Lipinski definition) is 3. The molecule has 0 fully saturated rings. The van der Waals surface area contributed by atoms with Gasteiger partial charge in [-0.1, -0.05) is 12.1 Å². The van der Waals surface area contributed by atoms with E-state index in [9.17, 15) is 4.79 Å². The van der Waals surface area contributed by atoms with Crippen LogP contribution < -0.4 is 10.9 Å². The van der Waals surface area contributed by atoms with Crippen LogP contribution in [0.15, 0.2) is 51.9 Å². The van der Waals surface area contributed by atoms with E-state index in [2.05, 4.69) is 15.3 Å². The molecule has 3 aromatic rings. The van der Waals surface area contributed by atoms with Gasteiger partial charge in [0.15, 0.2) is 11.6 Å². The molecule has 0 amide bonds. The average molecular weight is 270 g/mol. The first-order valence-electron chi connectivity index (χ1n) is 6.59. The first kappa shape index (κ1) is 12.6. The number of aromatic amines is 1. The molecule has 0 saturated heterocycles. The minimum Gasteiger partial charge on any atom is -0.463 e. The van der Waals surface area contributed by atoms with Crippen molar-refractivity contribution < 1.29 is 9.73 Å². The van der Waals surface area contributed by atoms with Crippen molar-refractivity contribution in [2.45, 2.75) is 19.5 Å². The number of quaternary nitrogens is 1. The number of nitrogens with zero attached hydrogens (tertiary/aromatic N) is 1. The zero-order chi connectivity index (χ0) is 13.9. The molecule has 0 bridgehead atoms. The molecule has 0 aliphatic carbocycles. The number of furan rings is 1. The number of hydrogen-bond donors (Lipinski definition) is 2. The van der Waals surface area contributed by atoms with Crippen LogP contribution in [0.5, 0.6) is 0 Å². The Morgan fingerprint density at radius 1 is 1.30 bits per heavy atom. The topological polar surface area (TPSA) is 75.5 Å². The molecule has 0 saturated carbocycles. The molecule has 20 heavy (non-hydrogen) atoms. The Kier molecular flexibility index (Phi) is 3.35. The summed E-state index contributed by atoms with van der Waals surface area (Å²) in [7, 11) is 0. The number of rotatable bonds is 4. The van der Waals surface area contributed by atoms with Crippen LogP contribution in [0.25, 0.3) is 10.9 Å². The van der Waals surface area contributed by atoms with Gasteiger partial charge in [0.1, 0.15) is 12.6 Å². The number of nitrogens with two attached hydrogens (primary N) is 1. The van der Waals surface area contributed by atoms with Gasteiger partial charge in [-0.25, -0.2) is 4.98 Å². The van der Waals surface area contributed by atoms with Crippen molar-refractivity contribution in [2.24, 2.45) is 0 Å². The number of fused-ring (bicyclic) bond motifs is 1. The minimum absolute atomic E-state index is 0.0532. The van der Waals surface area contributed by atoms with Gasteiger partial charge in [-0.15, -0.1) is 0 Å². The van der Waals surface area contributed by atoms with E-state index in [1.54, 1.807) is 12.3 Å². The summed E-state index contributed by atoms with van der Waals surface area (Å²) in [6.07, 6.45) is 1.66. The number of benzene rings is 1. The standard InChI is InChI=1S/C15H15N3O2/c1-10(16-9-11-5-4-8-20-11)14-17-13-7-3-2-6-12(13)15(19)18-14/h2-8,10,16H,9H2,1H3,(H,17,18,19)/p+1/t10-/m0/s1. The molecular weight excluding hydrogens is 254 g/mol. The Morgan fingerprint density at radius 2 is 2.15 bits per heavy atom. The highest BCUT2D eigenvalue weighted by molar-refractivity contribution is 5.77. The van der Waals surface area contributed by atoms with Gasteiger partial charge in [0.2, 0.25) is 0 Å². The fourth-order valence-corrected chi connectivity index (χ4v) is 2.15. The van der Waals surface area contributed by atoms with E-state index >= 15 is 0 Å². The number of nitrogens with one attached hydrogen (secondary N) is 1. The summed E-state index contributed by atoms with van der Waals surface area (Å²) < 4.78 is 5.29. The zero-order valence-electron chi connectivity index (χ0n) is 11.2. The summed E-state index contributed by atoms with van der Waals surface area (Å²) in [4.78, 5) is 19.4. The van der Waals surface area contributed by atoms with E-state index in [0.717, 1.165) is 11.3 Å². The van der Waals surface area contributed by atoms with Crippen LogP contribution in [0.3, 0.4) is 0 Å². The van der Waals surface area contributed by atoms with E-state index < -0.39 is 0 Å². The van der Waals surface area contributed by atoms with Crippen LogP contribution in [-0.4, -0.2) is 9.97 Å². The lowest BCUT2D eigenvalue weighted by atomic mass is 10.2. The van der Waals surface area contributed by atoms with Crippen LogP contribution in [0.1, 0.15) is 24.6 Å². The van der Waals surface area contributed by atoms with Gasteiger partial charge in [0, 0.05) is 0 Å². The third-order valence-electron chi connectivity index (χ3n) is 3.32. The largest absolute Gasteiger partial charge is 0.463 e. The van der Waals surface area contributed by atoms with Crippen molar-refractivity contribution in [3.8, 4) is 0 Å². The number of aromatic nitrogens is 2. The maximum atomic E-state index is 12.0. The van der Waals surface area contributed by atoms with E-state index in [1.807, 2.05) is 37.3 Å². The van der Waals surface area contributed by atoms with Gasteiger partial charge in [0.05, 0.1) is 17.2 Å². The van der Waals surface area contributed by atoms with Gasteiger partial charge in [-0.3, -0.25) is 4.79 Å². The molecule has 1 aromatic carbocycles. The molecule has 0 radical (unpaired) electrons. The first-order valence-corrected chi connectivity index (χ1v) is 6.59. The predicted octanol–water partition coefficient (Wildman–Crippen LogP) is 1.34. The highest BCUT2D eigenvalue weighted by Gasteiger charge is 2.13. The Hall–Kier alpha value is -2.40. The van der Waals surface area contributed by atoms with Crippen molar-refractivity contribution in [3.63, 3.8) is 0 Å². The molecule has 1 atom stereocenters.